The number of ketones is 1. The predicted molar refractivity (Wildman–Crippen MR) is 82.7 cm³/mol. The maximum Gasteiger partial charge on any atom is 0.320 e. The van der Waals surface area contributed by atoms with E-state index in [0.29, 0.717) is 18.8 Å². The van der Waals surface area contributed by atoms with Crippen LogP contribution < -0.4 is 0 Å². The molecule has 2 aliphatic rings. The molecule has 0 aromatic carbocycles. The molecule has 21 heavy (non-hydrogen) atoms. The summed E-state index contributed by atoms with van der Waals surface area (Å²) in [5.74, 6) is 0.0542. The normalized spacial score (nSPS) is 38.5. The van der Waals surface area contributed by atoms with E-state index in [9.17, 15) is 9.59 Å². The Morgan fingerprint density at radius 1 is 1.38 bits per heavy atom. The van der Waals surface area contributed by atoms with E-state index in [0.717, 1.165) is 25.7 Å². The number of fused-ring (bicyclic) bond motifs is 1. The van der Waals surface area contributed by atoms with Gasteiger partial charge in [0.05, 0.1) is 7.11 Å². The molecule has 0 amide bonds. The summed E-state index contributed by atoms with van der Waals surface area (Å²) in [6.07, 6.45) is 6.60. The quantitative estimate of drug-likeness (QED) is 0.450. The molecule has 0 N–H and O–H groups in total. The zero-order valence-corrected chi connectivity index (χ0v) is 13.8. The van der Waals surface area contributed by atoms with Gasteiger partial charge in [-0.05, 0) is 42.4 Å². The molecule has 0 spiro atoms. The van der Waals surface area contributed by atoms with Gasteiger partial charge in [-0.1, -0.05) is 33.3 Å². The molecule has 2 rings (SSSR count). The van der Waals surface area contributed by atoms with E-state index in [-0.39, 0.29) is 22.6 Å². The zero-order chi connectivity index (χ0) is 15.9. The first-order valence-corrected chi connectivity index (χ1v) is 7.99. The van der Waals surface area contributed by atoms with Crippen molar-refractivity contribution in [2.24, 2.45) is 22.2 Å². The van der Waals surface area contributed by atoms with Gasteiger partial charge in [-0.15, -0.1) is 6.58 Å². The lowest BCUT2D eigenvalue weighted by Gasteiger charge is -2.60. The summed E-state index contributed by atoms with van der Waals surface area (Å²) < 4.78 is 5.09. The van der Waals surface area contributed by atoms with Crippen LogP contribution in [0.15, 0.2) is 12.7 Å². The Morgan fingerprint density at radius 2 is 2.05 bits per heavy atom. The number of hydrogen-bond acceptors (Lipinski definition) is 3. The SMILES string of the molecule is C=CCC1(C(=O)OC)C(=O)CCC2C(C)(C)CCCC21C. The second-order valence-corrected chi connectivity index (χ2v) is 7.66. The van der Waals surface area contributed by atoms with Crippen LogP contribution in [0.4, 0.5) is 0 Å². The highest BCUT2D eigenvalue weighted by atomic mass is 16.5. The van der Waals surface area contributed by atoms with Crippen molar-refractivity contribution < 1.29 is 14.3 Å². The summed E-state index contributed by atoms with van der Waals surface area (Å²) in [4.78, 5) is 25.5. The van der Waals surface area contributed by atoms with E-state index in [4.69, 9.17) is 4.74 Å². The summed E-state index contributed by atoms with van der Waals surface area (Å²) >= 11 is 0. The highest BCUT2D eigenvalue weighted by Crippen LogP contribution is 2.64. The minimum absolute atomic E-state index is 0.0469. The molecule has 2 aliphatic carbocycles. The van der Waals surface area contributed by atoms with Crippen LogP contribution in [0.25, 0.3) is 0 Å². The van der Waals surface area contributed by atoms with Crippen molar-refractivity contribution in [2.45, 2.75) is 59.3 Å². The summed E-state index contributed by atoms with van der Waals surface area (Å²) in [6.45, 7) is 10.5. The molecule has 2 saturated carbocycles. The fourth-order valence-electron chi connectivity index (χ4n) is 5.32. The molecule has 0 aromatic rings. The first kappa shape index (κ1) is 16.3. The summed E-state index contributed by atoms with van der Waals surface area (Å²) in [6, 6.07) is 0. The Labute approximate surface area is 128 Å². The highest BCUT2D eigenvalue weighted by Gasteiger charge is 2.66. The Kier molecular flexibility index (Phi) is 4.07. The van der Waals surface area contributed by atoms with E-state index in [1.54, 1.807) is 6.08 Å². The molecule has 3 heteroatoms. The molecule has 0 saturated heterocycles. The smallest absolute Gasteiger partial charge is 0.320 e. The van der Waals surface area contributed by atoms with Gasteiger partial charge in [-0.3, -0.25) is 9.59 Å². The summed E-state index contributed by atoms with van der Waals surface area (Å²) in [5, 5.41) is 0. The van der Waals surface area contributed by atoms with E-state index in [1.807, 2.05) is 0 Å². The number of esters is 1. The average Bonchev–Trinajstić information content (AvgIpc) is 2.41. The topological polar surface area (TPSA) is 43.4 Å². The van der Waals surface area contributed by atoms with Crippen LogP contribution in [0.5, 0.6) is 0 Å². The Bertz CT molecular complexity index is 455. The van der Waals surface area contributed by atoms with Gasteiger partial charge in [0.2, 0.25) is 0 Å². The zero-order valence-electron chi connectivity index (χ0n) is 13.8. The number of ether oxygens (including phenoxy) is 1. The number of allylic oxidation sites excluding steroid dienone is 1. The van der Waals surface area contributed by atoms with Crippen LogP contribution in [-0.2, 0) is 14.3 Å². The predicted octanol–water partition coefficient (Wildman–Crippen LogP) is 3.92. The Morgan fingerprint density at radius 3 is 2.62 bits per heavy atom. The molecule has 3 unspecified atom stereocenters. The number of carbonyl (C=O) groups is 2. The lowest BCUT2D eigenvalue weighted by molar-refractivity contribution is -0.187. The van der Waals surface area contributed by atoms with Gasteiger partial charge in [0.15, 0.2) is 5.78 Å². The number of rotatable bonds is 3. The molecule has 3 nitrogen and oxygen atoms in total. The van der Waals surface area contributed by atoms with Crippen LogP contribution in [0, 0.1) is 22.2 Å². The van der Waals surface area contributed by atoms with Crippen LogP contribution in [-0.4, -0.2) is 18.9 Å². The molecule has 3 atom stereocenters. The van der Waals surface area contributed by atoms with Gasteiger partial charge >= 0.3 is 5.97 Å². The molecule has 0 aromatic heterocycles. The molecular formula is C18H28O3. The van der Waals surface area contributed by atoms with Crippen molar-refractivity contribution in [3.05, 3.63) is 12.7 Å². The van der Waals surface area contributed by atoms with E-state index < -0.39 is 5.41 Å². The van der Waals surface area contributed by atoms with Gasteiger partial charge < -0.3 is 4.74 Å². The first-order valence-electron chi connectivity index (χ1n) is 7.99. The molecule has 0 heterocycles. The third-order valence-electron chi connectivity index (χ3n) is 6.33. The van der Waals surface area contributed by atoms with E-state index in [2.05, 4.69) is 27.4 Å². The van der Waals surface area contributed by atoms with E-state index >= 15 is 0 Å². The number of hydrogen-bond donors (Lipinski definition) is 0. The van der Waals surface area contributed by atoms with Crippen LogP contribution in [0.1, 0.15) is 59.3 Å². The lowest BCUT2D eigenvalue weighted by atomic mass is 9.42. The highest BCUT2D eigenvalue weighted by molar-refractivity contribution is 6.05. The monoisotopic (exact) mass is 292 g/mol. The fourth-order valence-corrected chi connectivity index (χ4v) is 5.32. The molecule has 2 fully saturated rings. The third kappa shape index (κ3) is 2.08. The Hall–Kier alpha value is -1.12. The summed E-state index contributed by atoms with van der Waals surface area (Å²) in [7, 11) is 1.39. The Balaban J connectivity index is 2.61. The fraction of sp³-hybridized carbons (Fsp3) is 0.778. The van der Waals surface area contributed by atoms with Gasteiger partial charge in [0.1, 0.15) is 5.41 Å². The van der Waals surface area contributed by atoms with Crippen molar-refractivity contribution >= 4 is 11.8 Å². The van der Waals surface area contributed by atoms with Gasteiger partial charge in [-0.25, -0.2) is 0 Å². The third-order valence-corrected chi connectivity index (χ3v) is 6.33. The van der Waals surface area contributed by atoms with Gasteiger partial charge in [0.25, 0.3) is 0 Å². The molecule has 0 radical (unpaired) electrons. The minimum Gasteiger partial charge on any atom is -0.468 e. The molecule has 0 aliphatic heterocycles. The first-order chi connectivity index (χ1) is 9.76. The number of methoxy groups -OCH3 is 1. The minimum atomic E-state index is -1.04. The van der Waals surface area contributed by atoms with Crippen LogP contribution in [0.3, 0.4) is 0 Å². The van der Waals surface area contributed by atoms with E-state index in [1.165, 1.54) is 7.11 Å². The summed E-state index contributed by atoms with van der Waals surface area (Å²) in [5.41, 5.74) is -1.20. The van der Waals surface area contributed by atoms with Crippen molar-refractivity contribution in [3.8, 4) is 0 Å². The van der Waals surface area contributed by atoms with Gasteiger partial charge in [-0.2, -0.15) is 0 Å². The second kappa shape index (κ2) is 5.26. The molecule has 0 bridgehead atoms. The average molecular weight is 292 g/mol. The van der Waals surface area contributed by atoms with Crippen molar-refractivity contribution in [3.63, 3.8) is 0 Å². The maximum atomic E-state index is 12.8. The number of Topliss-reactive ketones (excluding diaryl/α,β-unsaturated/α-hetero) is 1. The second-order valence-electron chi connectivity index (χ2n) is 7.66. The van der Waals surface area contributed by atoms with Crippen LogP contribution in [0.2, 0.25) is 0 Å². The van der Waals surface area contributed by atoms with Gasteiger partial charge in [0, 0.05) is 6.42 Å². The van der Waals surface area contributed by atoms with Crippen molar-refractivity contribution in [1.29, 1.82) is 0 Å². The largest absolute Gasteiger partial charge is 0.468 e. The lowest BCUT2D eigenvalue weighted by Crippen LogP contribution is -2.62. The molecule has 118 valence electrons. The maximum absolute atomic E-state index is 12.8. The number of carbonyl (C=O) groups excluding carboxylic acids is 2. The standard InChI is InChI=1S/C18H28O3/c1-6-10-18(15(20)21-5)14(19)9-8-13-16(2,3)11-7-12-17(13,18)4/h6,13H,1,7-12H2,2-5H3. The van der Waals surface area contributed by atoms with Crippen molar-refractivity contribution in [1.82, 2.24) is 0 Å². The molecular weight excluding hydrogens is 264 g/mol. The van der Waals surface area contributed by atoms with Crippen LogP contribution >= 0.6 is 0 Å². The van der Waals surface area contributed by atoms with Crippen molar-refractivity contribution in [2.75, 3.05) is 7.11 Å².